The molecule has 6 heteroatoms. The predicted octanol–water partition coefficient (Wildman–Crippen LogP) is 0.590. The lowest BCUT2D eigenvalue weighted by Crippen LogP contribution is -2.78. The second-order valence-corrected chi connectivity index (χ2v) is 6.67. The molecule has 116 valence electrons. The third-order valence-corrected chi connectivity index (χ3v) is 5.45. The Kier molecular flexibility index (Phi) is 2.20. The molecule has 4 bridgehead atoms. The summed E-state index contributed by atoms with van der Waals surface area (Å²) in [6.07, 6.45) is -0.581. The SMILES string of the molecule is c1ccc(COC2[C@H]3OC4OC([C@@]5(CO5)[C@H]2O4)[C@]32CO2)cc1. The van der Waals surface area contributed by atoms with Crippen LogP contribution in [0.2, 0.25) is 0 Å². The fourth-order valence-corrected chi connectivity index (χ4v) is 4.23. The molecule has 7 atom stereocenters. The quantitative estimate of drug-likeness (QED) is 0.762. The van der Waals surface area contributed by atoms with Gasteiger partial charge in [0.25, 0.3) is 6.48 Å². The molecule has 5 saturated heterocycles. The van der Waals surface area contributed by atoms with Crippen molar-refractivity contribution in [1.29, 1.82) is 0 Å². The lowest BCUT2D eigenvalue weighted by molar-refractivity contribution is -0.477. The van der Waals surface area contributed by atoms with E-state index < -0.39 is 17.7 Å². The van der Waals surface area contributed by atoms with E-state index in [1.165, 1.54) is 0 Å². The first kappa shape index (κ1) is 12.4. The molecular formula is C16H16O6. The zero-order chi connectivity index (χ0) is 14.4. The molecule has 5 aliphatic heterocycles. The van der Waals surface area contributed by atoms with Gasteiger partial charge in [0.05, 0.1) is 19.8 Å². The average Bonchev–Trinajstić information content (AvgIpc) is 3.46. The Morgan fingerprint density at radius 2 is 1.59 bits per heavy atom. The molecule has 1 saturated carbocycles. The molecule has 1 aliphatic carbocycles. The minimum atomic E-state index is -0.610. The van der Waals surface area contributed by atoms with Crippen LogP contribution in [-0.4, -0.2) is 55.3 Å². The molecule has 2 spiro atoms. The Labute approximate surface area is 127 Å². The van der Waals surface area contributed by atoms with Gasteiger partial charge in [0.2, 0.25) is 0 Å². The van der Waals surface area contributed by atoms with E-state index in [4.69, 9.17) is 28.4 Å². The van der Waals surface area contributed by atoms with Crippen molar-refractivity contribution in [3.63, 3.8) is 0 Å². The topological polar surface area (TPSA) is 62.0 Å². The van der Waals surface area contributed by atoms with Crippen molar-refractivity contribution in [3.8, 4) is 0 Å². The molecule has 6 nitrogen and oxygen atoms in total. The number of hydrogen-bond acceptors (Lipinski definition) is 6. The number of hydrogen-bond donors (Lipinski definition) is 0. The maximum atomic E-state index is 6.19. The molecule has 0 amide bonds. The van der Waals surface area contributed by atoms with Gasteiger partial charge in [-0.25, -0.2) is 0 Å². The summed E-state index contributed by atoms with van der Waals surface area (Å²) in [4.78, 5) is 0. The fraction of sp³-hybridized carbons (Fsp3) is 0.625. The maximum absolute atomic E-state index is 6.19. The van der Waals surface area contributed by atoms with E-state index in [-0.39, 0.29) is 24.4 Å². The zero-order valence-electron chi connectivity index (χ0n) is 11.8. The van der Waals surface area contributed by atoms with Crippen molar-refractivity contribution in [2.45, 2.75) is 48.7 Å². The summed E-state index contributed by atoms with van der Waals surface area (Å²) in [5.41, 5.74) is 0.313. The Morgan fingerprint density at radius 3 is 2.18 bits per heavy atom. The van der Waals surface area contributed by atoms with Crippen LogP contribution in [0.3, 0.4) is 0 Å². The highest BCUT2D eigenvalue weighted by molar-refractivity contribution is 5.29. The van der Waals surface area contributed by atoms with Crippen molar-refractivity contribution in [1.82, 2.24) is 0 Å². The van der Waals surface area contributed by atoms with Gasteiger partial charge < -0.3 is 28.4 Å². The van der Waals surface area contributed by atoms with Gasteiger partial charge in [0, 0.05) is 0 Å². The first-order valence-electron chi connectivity index (χ1n) is 7.72. The Bertz CT molecular complexity index is 580. The van der Waals surface area contributed by atoms with E-state index in [1.807, 2.05) is 30.3 Å². The number of epoxide rings is 2. The Hall–Kier alpha value is -1.02. The molecule has 0 radical (unpaired) electrons. The average molecular weight is 304 g/mol. The monoisotopic (exact) mass is 304 g/mol. The van der Waals surface area contributed by atoms with Crippen molar-refractivity contribution >= 4 is 0 Å². The fourth-order valence-electron chi connectivity index (χ4n) is 4.23. The number of rotatable bonds is 3. The first-order valence-corrected chi connectivity index (χ1v) is 7.72. The van der Waals surface area contributed by atoms with Crippen molar-refractivity contribution < 1.29 is 28.4 Å². The second kappa shape index (κ2) is 3.90. The van der Waals surface area contributed by atoms with Crippen molar-refractivity contribution in [3.05, 3.63) is 35.9 Å². The second-order valence-electron chi connectivity index (χ2n) is 6.67. The highest BCUT2D eigenvalue weighted by Gasteiger charge is 2.84. The molecule has 0 N–H and O–H groups in total. The molecule has 22 heavy (non-hydrogen) atoms. The van der Waals surface area contributed by atoms with Crippen LogP contribution in [0.1, 0.15) is 5.56 Å². The van der Waals surface area contributed by atoms with E-state index >= 15 is 0 Å². The van der Waals surface area contributed by atoms with E-state index in [2.05, 4.69) is 0 Å². The standard InChI is InChI=1S/C16H16O6/c1-2-4-9(5-3-1)6-17-10-11-15(7-18-15)13-16(8-19-16)12(10)21-14(20-11)22-13/h1-5,10-14H,6-8H2/t10?,11-,12+,13?,14?,15+,16-. The summed E-state index contributed by atoms with van der Waals surface area (Å²) in [6.45, 7) is 1.19. The third kappa shape index (κ3) is 1.41. The Balaban J connectivity index is 1.32. The van der Waals surface area contributed by atoms with Crippen LogP contribution in [0, 0.1) is 0 Å². The van der Waals surface area contributed by atoms with Crippen LogP contribution in [-0.2, 0) is 35.0 Å². The van der Waals surface area contributed by atoms with E-state index in [1.54, 1.807) is 0 Å². The predicted molar refractivity (Wildman–Crippen MR) is 70.8 cm³/mol. The molecule has 6 fully saturated rings. The largest absolute Gasteiger partial charge is 0.368 e. The van der Waals surface area contributed by atoms with E-state index in [9.17, 15) is 0 Å². The van der Waals surface area contributed by atoms with E-state index in [0.29, 0.717) is 19.8 Å². The van der Waals surface area contributed by atoms with Crippen LogP contribution in [0.5, 0.6) is 0 Å². The van der Waals surface area contributed by atoms with Gasteiger partial charge in [-0.05, 0) is 5.56 Å². The van der Waals surface area contributed by atoms with Crippen LogP contribution in [0.15, 0.2) is 30.3 Å². The van der Waals surface area contributed by atoms with Gasteiger partial charge in [-0.1, -0.05) is 30.3 Å². The van der Waals surface area contributed by atoms with E-state index in [0.717, 1.165) is 5.56 Å². The van der Waals surface area contributed by atoms with Crippen molar-refractivity contribution in [2.24, 2.45) is 0 Å². The van der Waals surface area contributed by atoms with Gasteiger partial charge >= 0.3 is 0 Å². The molecule has 6 aliphatic rings. The smallest absolute Gasteiger partial charge is 0.273 e. The van der Waals surface area contributed by atoms with Gasteiger partial charge in [0.15, 0.2) is 0 Å². The number of ether oxygens (including phenoxy) is 6. The van der Waals surface area contributed by atoms with Crippen LogP contribution >= 0.6 is 0 Å². The van der Waals surface area contributed by atoms with Crippen molar-refractivity contribution in [2.75, 3.05) is 13.2 Å². The molecule has 5 heterocycles. The highest BCUT2D eigenvalue weighted by Crippen LogP contribution is 2.62. The summed E-state index contributed by atoms with van der Waals surface area (Å²) in [7, 11) is 0. The first-order chi connectivity index (χ1) is 10.8. The summed E-state index contributed by atoms with van der Waals surface area (Å²) in [6, 6.07) is 10.1. The number of benzene rings is 1. The van der Waals surface area contributed by atoms with Gasteiger partial charge in [-0.3, -0.25) is 0 Å². The lowest BCUT2D eigenvalue weighted by atomic mass is 9.71. The lowest BCUT2D eigenvalue weighted by Gasteiger charge is -2.58. The summed E-state index contributed by atoms with van der Waals surface area (Å²) >= 11 is 0. The highest BCUT2D eigenvalue weighted by atomic mass is 16.9. The van der Waals surface area contributed by atoms with Gasteiger partial charge in [-0.15, -0.1) is 0 Å². The van der Waals surface area contributed by atoms with Crippen LogP contribution < -0.4 is 0 Å². The summed E-state index contributed by atoms with van der Waals surface area (Å²) in [5, 5.41) is 0. The summed E-state index contributed by atoms with van der Waals surface area (Å²) in [5.74, 6) is 0. The van der Waals surface area contributed by atoms with Gasteiger partial charge in [-0.2, -0.15) is 0 Å². The molecule has 1 aromatic rings. The van der Waals surface area contributed by atoms with Gasteiger partial charge in [0.1, 0.15) is 35.6 Å². The third-order valence-electron chi connectivity index (χ3n) is 5.45. The Morgan fingerprint density at radius 1 is 0.955 bits per heavy atom. The maximum Gasteiger partial charge on any atom is 0.273 e. The molecule has 3 unspecified atom stereocenters. The van der Waals surface area contributed by atoms with Crippen LogP contribution in [0.25, 0.3) is 0 Å². The molecule has 1 aromatic carbocycles. The minimum Gasteiger partial charge on any atom is -0.368 e. The molecule has 0 aromatic heterocycles. The molecular weight excluding hydrogens is 288 g/mol. The normalized spacial score (nSPS) is 53.4. The molecule has 7 rings (SSSR count). The van der Waals surface area contributed by atoms with Crippen LogP contribution in [0.4, 0.5) is 0 Å². The summed E-state index contributed by atoms with van der Waals surface area (Å²) < 4.78 is 35.3. The zero-order valence-corrected chi connectivity index (χ0v) is 11.8. The minimum absolute atomic E-state index is 0.0981.